The molecule has 7 nitrogen and oxygen atoms in total. The molecule has 1 fully saturated rings. The highest BCUT2D eigenvalue weighted by Crippen LogP contribution is 2.19. The lowest BCUT2D eigenvalue weighted by atomic mass is 10.1. The molecule has 148 valence electrons. The van der Waals surface area contributed by atoms with E-state index in [0.29, 0.717) is 22.7 Å². The van der Waals surface area contributed by atoms with E-state index in [-0.39, 0.29) is 24.5 Å². The number of methoxy groups -OCH3 is 1. The topological polar surface area (TPSA) is 93.3 Å². The van der Waals surface area contributed by atoms with Crippen molar-refractivity contribution in [1.82, 2.24) is 0 Å². The standard InChI is InChI=1S/C21H25N3O4/c1-27-16-10-8-15(9-11-16)23-21(26)18-6-2-3-7-19(18)24-20(25)14-22-13-17-5-4-12-28-17/h2-3,6-11,17,22H,4-5,12-14H2,1H3,(H,23,26)(H,24,25)/p+1/t17-/m1/s1. The molecular formula is C21H26N3O4+. The van der Waals surface area contributed by atoms with Crippen molar-refractivity contribution in [2.45, 2.75) is 18.9 Å². The number of carbonyl (C=O) groups is 2. The molecule has 7 heteroatoms. The van der Waals surface area contributed by atoms with E-state index in [1.807, 2.05) is 5.32 Å². The Hall–Kier alpha value is -2.90. The number of benzene rings is 2. The molecule has 3 rings (SSSR count). The summed E-state index contributed by atoms with van der Waals surface area (Å²) in [5.41, 5.74) is 1.55. The second kappa shape index (κ2) is 9.87. The summed E-state index contributed by atoms with van der Waals surface area (Å²) in [6.07, 6.45) is 2.36. The fourth-order valence-corrected chi connectivity index (χ4v) is 3.09. The molecule has 1 saturated heterocycles. The highest BCUT2D eigenvalue weighted by atomic mass is 16.5. The van der Waals surface area contributed by atoms with E-state index in [1.54, 1.807) is 55.6 Å². The lowest BCUT2D eigenvalue weighted by molar-refractivity contribution is -0.649. The average Bonchev–Trinajstić information content (AvgIpc) is 3.22. The summed E-state index contributed by atoms with van der Waals surface area (Å²) in [7, 11) is 1.59. The number of hydrogen-bond donors (Lipinski definition) is 3. The van der Waals surface area contributed by atoms with Crippen LogP contribution in [-0.2, 0) is 9.53 Å². The summed E-state index contributed by atoms with van der Waals surface area (Å²) in [5, 5.41) is 7.60. The van der Waals surface area contributed by atoms with Crippen LogP contribution in [0, 0.1) is 0 Å². The van der Waals surface area contributed by atoms with Crippen LogP contribution < -0.4 is 20.7 Å². The van der Waals surface area contributed by atoms with Gasteiger partial charge in [-0.1, -0.05) is 12.1 Å². The Morgan fingerprint density at radius 2 is 1.93 bits per heavy atom. The van der Waals surface area contributed by atoms with Gasteiger partial charge in [-0.2, -0.15) is 0 Å². The molecular weight excluding hydrogens is 358 g/mol. The number of ether oxygens (including phenoxy) is 2. The largest absolute Gasteiger partial charge is 0.497 e. The number of quaternary nitrogens is 1. The van der Waals surface area contributed by atoms with Crippen LogP contribution in [0.5, 0.6) is 5.75 Å². The van der Waals surface area contributed by atoms with Crippen molar-refractivity contribution in [2.75, 3.05) is 37.4 Å². The zero-order chi connectivity index (χ0) is 19.8. The molecule has 0 spiro atoms. The van der Waals surface area contributed by atoms with Crippen LogP contribution in [0.3, 0.4) is 0 Å². The third kappa shape index (κ3) is 5.55. The highest BCUT2D eigenvalue weighted by molar-refractivity contribution is 6.10. The van der Waals surface area contributed by atoms with Gasteiger partial charge in [-0.3, -0.25) is 9.59 Å². The lowest BCUT2D eigenvalue weighted by Gasteiger charge is -2.12. The van der Waals surface area contributed by atoms with Gasteiger partial charge in [0, 0.05) is 12.3 Å². The number of nitrogens with two attached hydrogens (primary N) is 1. The first-order valence-electron chi connectivity index (χ1n) is 9.43. The maximum Gasteiger partial charge on any atom is 0.279 e. The van der Waals surface area contributed by atoms with Crippen LogP contribution in [-0.4, -0.2) is 44.7 Å². The molecule has 0 aromatic heterocycles. The molecule has 4 N–H and O–H groups in total. The number of hydrogen-bond acceptors (Lipinski definition) is 4. The van der Waals surface area contributed by atoms with Crippen LogP contribution in [0.15, 0.2) is 48.5 Å². The van der Waals surface area contributed by atoms with Gasteiger partial charge in [-0.25, -0.2) is 0 Å². The maximum atomic E-state index is 12.6. The average molecular weight is 384 g/mol. The zero-order valence-electron chi connectivity index (χ0n) is 15.9. The fourth-order valence-electron chi connectivity index (χ4n) is 3.09. The summed E-state index contributed by atoms with van der Waals surface area (Å²) < 4.78 is 10.7. The molecule has 0 saturated carbocycles. The molecule has 2 amide bonds. The SMILES string of the molecule is COc1ccc(NC(=O)c2ccccc2NC(=O)C[NH2+]C[C@H]2CCCO2)cc1. The Bertz CT molecular complexity index is 802. The molecule has 2 aromatic carbocycles. The van der Waals surface area contributed by atoms with Gasteiger partial charge in [0.15, 0.2) is 6.54 Å². The number of anilines is 2. The predicted molar refractivity (Wildman–Crippen MR) is 107 cm³/mol. The van der Waals surface area contributed by atoms with E-state index in [2.05, 4.69) is 10.6 Å². The second-order valence-corrected chi connectivity index (χ2v) is 6.64. The molecule has 1 atom stereocenters. The first-order valence-corrected chi connectivity index (χ1v) is 9.43. The van der Waals surface area contributed by atoms with Crippen molar-refractivity contribution >= 4 is 23.2 Å². The summed E-state index contributed by atoms with van der Waals surface area (Å²) in [6, 6.07) is 14.0. The molecule has 2 aromatic rings. The highest BCUT2D eigenvalue weighted by Gasteiger charge is 2.18. The van der Waals surface area contributed by atoms with E-state index < -0.39 is 0 Å². The predicted octanol–water partition coefficient (Wildman–Crippen LogP) is 1.63. The molecule has 28 heavy (non-hydrogen) atoms. The van der Waals surface area contributed by atoms with E-state index in [4.69, 9.17) is 9.47 Å². The monoisotopic (exact) mass is 384 g/mol. The van der Waals surface area contributed by atoms with Gasteiger partial charge in [0.05, 0.1) is 18.4 Å². The normalized spacial score (nSPS) is 15.8. The van der Waals surface area contributed by atoms with E-state index in [1.165, 1.54) is 0 Å². The van der Waals surface area contributed by atoms with Crippen molar-refractivity contribution in [3.05, 3.63) is 54.1 Å². The van der Waals surface area contributed by atoms with Crippen molar-refractivity contribution in [3.63, 3.8) is 0 Å². The smallest absolute Gasteiger partial charge is 0.279 e. The third-order valence-corrected chi connectivity index (χ3v) is 4.58. The van der Waals surface area contributed by atoms with Crippen LogP contribution in [0.4, 0.5) is 11.4 Å². The minimum atomic E-state index is -0.288. The van der Waals surface area contributed by atoms with Crippen LogP contribution in [0.25, 0.3) is 0 Å². The molecule has 1 aliphatic rings. The van der Waals surface area contributed by atoms with Gasteiger partial charge in [0.1, 0.15) is 18.4 Å². The first-order chi connectivity index (χ1) is 13.7. The summed E-state index contributed by atoms with van der Waals surface area (Å²) in [6.45, 7) is 1.86. The quantitative estimate of drug-likeness (QED) is 0.645. The number of nitrogens with one attached hydrogen (secondary N) is 2. The number of carbonyl (C=O) groups excluding carboxylic acids is 2. The van der Waals surface area contributed by atoms with Crippen molar-refractivity contribution in [2.24, 2.45) is 0 Å². The Morgan fingerprint density at radius 3 is 2.64 bits per heavy atom. The third-order valence-electron chi connectivity index (χ3n) is 4.58. The Kier molecular flexibility index (Phi) is 7.00. The van der Waals surface area contributed by atoms with Gasteiger partial charge >= 0.3 is 0 Å². The molecule has 0 aliphatic carbocycles. The number of rotatable bonds is 8. The van der Waals surface area contributed by atoms with Crippen molar-refractivity contribution in [3.8, 4) is 5.75 Å². The molecule has 0 bridgehead atoms. The van der Waals surface area contributed by atoms with Gasteiger partial charge < -0.3 is 25.4 Å². The van der Waals surface area contributed by atoms with E-state index >= 15 is 0 Å². The van der Waals surface area contributed by atoms with Gasteiger partial charge in [-0.05, 0) is 49.2 Å². The lowest BCUT2D eigenvalue weighted by Crippen LogP contribution is -2.88. The minimum Gasteiger partial charge on any atom is -0.497 e. The first kappa shape index (κ1) is 19.9. The van der Waals surface area contributed by atoms with Crippen LogP contribution in [0.1, 0.15) is 23.2 Å². The summed E-state index contributed by atoms with van der Waals surface area (Å²) >= 11 is 0. The summed E-state index contributed by atoms with van der Waals surface area (Å²) in [4.78, 5) is 24.9. The minimum absolute atomic E-state index is 0.150. The van der Waals surface area contributed by atoms with E-state index in [0.717, 1.165) is 26.0 Å². The fraction of sp³-hybridized carbons (Fsp3) is 0.333. The molecule has 0 radical (unpaired) electrons. The Morgan fingerprint density at radius 1 is 1.14 bits per heavy atom. The summed E-state index contributed by atoms with van der Waals surface area (Å²) in [5.74, 6) is 0.275. The van der Waals surface area contributed by atoms with Crippen molar-refractivity contribution in [1.29, 1.82) is 0 Å². The second-order valence-electron chi connectivity index (χ2n) is 6.64. The molecule has 1 heterocycles. The zero-order valence-corrected chi connectivity index (χ0v) is 15.9. The van der Waals surface area contributed by atoms with Crippen LogP contribution >= 0.6 is 0 Å². The molecule has 1 aliphatic heterocycles. The van der Waals surface area contributed by atoms with Gasteiger partial charge in [0.25, 0.3) is 11.8 Å². The van der Waals surface area contributed by atoms with Gasteiger partial charge in [0.2, 0.25) is 0 Å². The maximum absolute atomic E-state index is 12.6. The van der Waals surface area contributed by atoms with E-state index in [9.17, 15) is 9.59 Å². The number of para-hydroxylation sites is 1. The van der Waals surface area contributed by atoms with Crippen LogP contribution in [0.2, 0.25) is 0 Å². The molecule has 0 unspecified atom stereocenters. The van der Waals surface area contributed by atoms with Crippen molar-refractivity contribution < 1.29 is 24.4 Å². The Labute approximate surface area is 164 Å². The Balaban J connectivity index is 1.56. The van der Waals surface area contributed by atoms with Gasteiger partial charge in [-0.15, -0.1) is 0 Å². The number of amides is 2.